The van der Waals surface area contributed by atoms with E-state index in [1.165, 1.54) is 0 Å². The molecule has 0 aliphatic heterocycles. The van der Waals surface area contributed by atoms with Gasteiger partial charge in [-0.15, -0.1) is 0 Å². The summed E-state index contributed by atoms with van der Waals surface area (Å²) in [4.78, 5) is 18.1. The molecule has 2 aromatic rings. The Bertz CT molecular complexity index is 532. The van der Waals surface area contributed by atoms with Crippen LogP contribution in [0.2, 0.25) is 0 Å². The number of nitrogens with one attached hydrogen (secondary N) is 1. The highest BCUT2D eigenvalue weighted by Gasteiger charge is 2.18. The maximum absolute atomic E-state index is 11.1. The first kappa shape index (κ1) is 11.3. The van der Waals surface area contributed by atoms with Crippen molar-refractivity contribution in [2.45, 2.75) is 13.0 Å². The van der Waals surface area contributed by atoms with Crippen molar-refractivity contribution >= 4 is 5.97 Å². The van der Waals surface area contributed by atoms with Crippen LogP contribution in [0.3, 0.4) is 0 Å². The number of nitrogens with two attached hydrogens (primary N) is 1. The minimum atomic E-state index is -1.04. The first-order valence-electron chi connectivity index (χ1n) is 5.23. The van der Waals surface area contributed by atoms with Gasteiger partial charge in [-0.2, -0.15) is 0 Å². The third kappa shape index (κ3) is 2.19. The number of carbonyl (C=O) groups is 1. The van der Waals surface area contributed by atoms with Gasteiger partial charge >= 0.3 is 5.97 Å². The van der Waals surface area contributed by atoms with Crippen LogP contribution in [-0.4, -0.2) is 21.0 Å². The molecule has 0 bridgehead atoms. The Morgan fingerprint density at radius 2 is 2.06 bits per heavy atom. The number of carboxylic acids is 1. The highest BCUT2D eigenvalue weighted by atomic mass is 16.4. The summed E-state index contributed by atoms with van der Waals surface area (Å²) in [5.74, 6) is -0.565. The average Bonchev–Trinajstić information content (AvgIpc) is 2.75. The molecule has 1 atom stereocenters. The highest BCUT2D eigenvalue weighted by Crippen LogP contribution is 2.22. The molecule has 1 unspecified atom stereocenters. The summed E-state index contributed by atoms with van der Waals surface area (Å²) in [6.45, 7) is 1.75. The molecule has 0 saturated heterocycles. The molecule has 0 spiro atoms. The summed E-state index contributed by atoms with van der Waals surface area (Å²) in [5.41, 5.74) is 6.94. The number of benzene rings is 1. The zero-order valence-corrected chi connectivity index (χ0v) is 9.34. The number of H-pyrrole nitrogens is 1. The second kappa shape index (κ2) is 4.39. The minimum absolute atomic E-state index is 0.0727. The fourth-order valence-electron chi connectivity index (χ4n) is 1.57. The van der Waals surface area contributed by atoms with E-state index in [0.717, 1.165) is 5.56 Å². The Balaban J connectivity index is 2.56. The zero-order chi connectivity index (χ0) is 12.4. The van der Waals surface area contributed by atoms with Crippen LogP contribution < -0.4 is 5.73 Å². The molecule has 0 aliphatic rings. The van der Waals surface area contributed by atoms with E-state index in [-0.39, 0.29) is 11.7 Å². The summed E-state index contributed by atoms with van der Waals surface area (Å²) in [6, 6.07) is 8.83. The predicted molar refractivity (Wildman–Crippen MR) is 63.6 cm³/mol. The SMILES string of the molecule is CC(N)c1nc(-c2ccccc2)c(C(=O)O)[nH]1. The van der Waals surface area contributed by atoms with Crippen molar-refractivity contribution in [2.75, 3.05) is 0 Å². The van der Waals surface area contributed by atoms with Crippen molar-refractivity contribution in [3.63, 3.8) is 0 Å². The Hall–Kier alpha value is -2.14. The molecule has 1 aromatic carbocycles. The molecular weight excluding hydrogens is 218 g/mol. The van der Waals surface area contributed by atoms with Gasteiger partial charge in [0.25, 0.3) is 0 Å². The van der Waals surface area contributed by atoms with E-state index in [1.807, 2.05) is 30.3 Å². The molecule has 5 nitrogen and oxygen atoms in total. The lowest BCUT2D eigenvalue weighted by Crippen LogP contribution is -2.07. The predicted octanol–water partition coefficient (Wildman–Crippen LogP) is 1.79. The smallest absolute Gasteiger partial charge is 0.354 e. The Morgan fingerprint density at radius 1 is 1.41 bits per heavy atom. The lowest BCUT2D eigenvalue weighted by molar-refractivity contribution is 0.0692. The topological polar surface area (TPSA) is 92.0 Å². The maximum atomic E-state index is 11.1. The van der Waals surface area contributed by atoms with Gasteiger partial charge < -0.3 is 15.8 Å². The lowest BCUT2D eigenvalue weighted by Gasteiger charge is -1.98. The van der Waals surface area contributed by atoms with E-state index in [2.05, 4.69) is 9.97 Å². The van der Waals surface area contributed by atoms with Crippen LogP contribution in [0.15, 0.2) is 30.3 Å². The van der Waals surface area contributed by atoms with Crippen LogP contribution in [0.5, 0.6) is 0 Å². The quantitative estimate of drug-likeness (QED) is 0.751. The first-order valence-corrected chi connectivity index (χ1v) is 5.23. The van der Waals surface area contributed by atoms with Crippen molar-refractivity contribution in [1.82, 2.24) is 9.97 Å². The van der Waals surface area contributed by atoms with Crippen LogP contribution in [0, 0.1) is 0 Å². The zero-order valence-electron chi connectivity index (χ0n) is 9.34. The van der Waals surface area contributed by atoms with Gasteiger partial charge in [0, 0.05) is 5.56 Å². The number of hydrogen-bond donors (Lipinski definition) is 3. The first-order chi connectivity index (χ1) is 8.09. The molecule has 0 saturated carbocycles. The van der Waals surface area contributed by atoms with E-state index < -0.39 is 5.97 Å². The third-order valence-electron chi connectivity index (χ3n) is 2.41. The standard InChI is InChI=1S/C12H13N3O2/c1-7(13)11-14-9(10(15-11)12(16)17)8-5-3-2-4-6-8/h2-7H,13H2,1H3,(H,14,15)(H,16,17). The summed E-state index contributed by atoms with van der Waals surface area (Å²) in [7, 11) is 0. The van der Waals surface area contributed by atoms with Crippen LogP contribution in [0.1, 0.15) is 29.3 Å². The van der Waals surface area contributed by atoms with Gasteiger partial charge in [-0.05, 0) is 6.92 Å². The monoisotopic (exact) mass is 231 g/mol. The number of carboxylic acid groups (broad SMARTS) is 1. The highest BCUT2D eigenvalue weighted by molar-refractivity contribution is 5.92. The molecule has 0 aliphatic carbocycles. The number of aromatic amines is 1. The molecule has 17 heavy (non-hydrogen) atoms. The normalized spacial score (nSPS) is 12.4. The van der Waals surface area contributed by atoms with Crippen LogP contribution >= 0.6 is 0 Å². The number of hydrogen-bond acceptors (Lipinski definition) is 3. The van der Waals surface area contributed by atoms with Crippen molar-refractivity contribution in [1.29, 1.82) is 0 Å². The molecule has 0 amide bonds. The molecular formula is C12H13N3O2. The molecule has 5 heteroatoms. The van der Waals surface area contributed by atoms with E-state index >= 15 is 0 Å². The van der Waals surface area contributed by atoms with Gasteiger partial charge in [0.05, 0.1) is 6.04 Å². The molecule has 4 N–H and O–H groups in total. The van der Waals surface area contributed by atoms with Gasteiger partial charge in [0.1, 0.15) is 11.5 Å². The molecule has 1 heterocycles. The van der Waals surface area contributed by atoms with Crippen LogP contribution in [0.25, 0.3) is 11.3 Å². The van der Waals surface area contributed by atoms with E-state index in [4.69, 9.17) is 10.8 Å². The molecule has 1 aromatic heterocycles. The minimum Gasteiger partial charge on any atom is -0.477 e. The van der Waals surface area contributed by atoms with Crippen LogP contribution in [0.4, 0.5) is 0 Å². The van der Waals surface area contributed by atoms with Gasteiger partial charge in [0.2, 0.25) is 0 Å². The number of rotatable bonds is 3. The summed E-state index contributed by atoms with van der Waals surface area (Å²) >= 11 is 0. The number of aromatic carboxylic acids is 1. The average molecular weight is 231 g/mol. The fraction of sp³-hybridized carbons (Fsp3) is 0.167. The maximum Gasteiger partial charge on any atom is 0.354 e. The molecule has 2 rings (SSSR count). The van der Waals surface area contributed by atoms with E-state index in [1.54, 1.807) is 6.92 Å². The largest absolute Gasteiger partial charge is 0.477 e. The number of aromatic nitrogens is 2. The van der Waals surface area contributed by atoms with Crippen molar-refractivity contribution in [3.05, 3.63) is 41.9 Å². The summed E-state index contributed by atoms with van der Waals surface area (Å²) in [6.07, 6.45) is 0. The third-order valence-corrected chi connectivity index (χ3v) is 2.41. The second-order valence-corrected chi connectivity index (χ2v) is 3.81. The molecule has 0 radical (unpaired) electrons. The summed E-state index contributed by atoms with van der Waals surface area (Å²) in [5, 5.41) is 9.11. The van der Waals surface area contributed by atoms with Crippen LogP contribution in [-0.2, 0) is 0 Å². The van der Waals surface area contributed by atoms with Crippen molar-refractivity contribution < 1.29 is 9.90 Å². The number of imidazole rings is 1. The fourth-order valence-corrected chi connectivity index (χ4v) is 1.57. The van der Waals surface area contributed by atoms with Crippen molar-refractivity contribution in [3.8, 4) is 11.3 Å². The second-order valence-electron chi connectivity index (χ2n) is 3.81. The van der Waals surface area contributed by atoms with E-state index in [0.29, 0.717) is 11.5 Å². The van der Waals surface area contributed by atoms with Gasteiger partial charge in [0.15, 0.2) is 5.69 Å². The Morgan fingerprint density at radius 3 is 2.59 bits per heavy atom. The van der Waals surface area contributed by atoms with Crippen molar-refractivity contribution in [2.24, 2.45) is 5.73 Å². The van der Waals surface area contributed by atoms with Gasteiger partial charge in [-0.25, -0.2) is 9.78 Å². The molecule has 0 fully saturated rings. The number of nitrogens with zero attached hydrogens (tertiary/aromatic N) is 1. The van der Waals surface area contributed by atoms with Gasteiger partial charge in [-0.3, -0.25) is 0 Å². The summed E-state index contributed by atoms with van der Waals surface area (Å²) < 4.78 is 0. The van der Waals surface area contributed by atoms with Gasteiger partial charge in [-0.1, -0.05) is 30.3 Å². The Labute approximate surface area is 98.3 Å². The molecule has 88 valence electrons. The lowest BCUT2D eigenvalue weighted by atomic mass is 10.1. The Kier molecular flexibility index (Phi) is 2.93. The van der Waals surface area contributed by atoms with E-state index in [9.17, 15) is 4.79 Å².